The zero-order chi connectivity index (χ0) is 28.6. The third-order valence-electron chi connectivity index (χ3n) is 7.66. The van der Waals surface area contributed by atoms with Crippen LogP contribution in [0.3, 0.4) is 0 Å². The van der Waals surface area contributed by atoms with Crippen LogP contribution in [-0.4, -0.2) is 54.9 Å². The lowest BCUT2D eigenvalue weighted by Crippen LogP contribution is -2.44. The molecule has 1 saturated carbocycles. The maximum atomic E-state index is 13.2. The van der Waals surface area contributed by atoms with Crippen LogP contribution in [-0.2, 0) is 0 Å². The Morgan fingerprint density at radius 3 is 2.71 bits per heavy atom. The third kappa shape index (κ3) is 7.63. The fraction of sp³-hybridized carbons (Fsp3) is 0.375. The van der Waals surface area contributed by atoms with Crippen LogP contribution >= 0.6 is 0 Å². The Hall–Kier alpha value is -4.40. The van der Waals surface area contributed by atoms with E-state index in [9.17, 15) is 4.79 Å². The number of aliphatic imine (C=N–C) groups is 1. The highest BCUT2D eigenvalue weighted by atomic mass is 16.5. The summed E-state index contributed by atoms with van der Waals surface area (Å²) >= 11 is 0. The molecule has 1 aliphatic carbocycles. The number of nitrogens with one attached hydrogen (secondary N) is 1. The van der Waals surface area contributed by atoms with Gasteiger partial charge < -0.3 is 25.4 Å². The average molecular weight is 555 g/mol. The van der Waals surface area contributed by atoms with Crippen molar-refractivity contribution >= 4 is 23.6 Å². The first-order valence-electron chi connectivity index (χ1n) is 14.2. The second-order valence-corrected chi connectivity index (χ2v) is 10.7. The molecule has 214 valence electrons. The van der Waals surface area contributed by atoms with Gasteiger partial charge in [-0.2, -0.15) is 0 Å². The number of nitrogens with zero attached hydrogens (tertiary/aromatic N) is 4. The van der Waals surface area contributed by atoms with E-state index in [1.807, 2.05) is 42.5 Å². The number of amides is 1. The van der Waals surface area contributed by atoms with Gasteiger partial charge in [-0.1, -0.05) is 12.1 Å². The van der Waals surface area contributed by atoms with Crippen LogP contribution in [0.15, 0.2) is 72.0 Å². The number of hydrogen-bond acceptors (Lipinski definition) is 8. The predicted molar refractivity (Wildman–Crippen MR) is 162 cm³/mol. The predicted octanol–water partition coefficient (Wildman–Crippen LogP) is 5.15. The normalized spacial score (nSPS) is 16.7. The summed E-state index contributed by atoms with van der Waals surface area (Å²) in [6.45, 7) is 4.49. The Labute approximate surface area is 241 Å². The van der Waals surface area contributed by atoms with Crippen LogP contribution in [0.2, 0.25) is 0 Å². The minimum Gasteiger partial charge on any atom is -0.497 e. The first kappa shape index (κ1) is 28.1. The number of methoxy groups -OCH3 is 1. The number of anilines is 1. The van der Waals surface area contributed by atoms with E-state index in [2.05, 4.69) is 27.1 Å². The number of ether oxygens (including phenoxy) is 2. The van der Waals surface area contributed by atoms with Crippen molar-refractivity contribution in [1.29, 1.82) is 0 Å². The number of allylic oxidation sites excluding steroid dienone is 1. The maximum Gasteiger partial charge on any atom is 0.251 e. The Bertz CT molecular complexity index is 1400. The molecular formula is C32H38N6O3. The summed E-state index contributed by atoms with van der Waals surface area (Å²) in [6, 6.07) is 15.2. The highest BCUT2D eigenvalue weighted by Crippen LogP contribution is 2.31. The fourth-order valence-electron chi connectivity index (χ4n) is 5.01. The SMILES string of the molecule is COc1cc(OCC2CC2)cc(C(=O)NC(C)C2CCN(c3ccnc(-c4cccc(N=CC=CN)c4)n3)CC2)c1. The summed E-state index contributed by atoms with van der Waals surface area (Å²) in [4.78, 5) is 29.2. The molecule has 9 nitrogen and oxygen atoms in total. The third-order valence-corrected chi connectivity index (χ3v) is 7.66. The van der Waals surface area contributed by atoms with Crippen LogP contribution in [0.5, 0.6) is 11.5 Å². The monoisotopic (exact) mass is 554 g/mol. The molecule has 3 N–H and O–H groups in total. The molecule has 1 amide bonds. The quantitative estimate of drug-likeness (QED) is 0.315. The fourth-order valence-corrected chi connectivity index (χ4v) is 5.01. The number of aromatic nitrogens is 2. The van der Waals surface area contributed by atoms with Gasteiger partial charge in [-0.05, 0) is 87.1 Å². The van der Waals surface area contributed by atoms with Crippen molar-refractivity contribution < 1.29 is 14.3 Å². The van der Waals surface area contributed by atoms with Crippen molar-refractivity contribution in [2.75, 3.05) is 31.7 Å². The summed E-state index contributed by atoms with van der Waals surface area (Å²) < 4.78 is 11.3. The number of piperidine rings is 1. The van der Waals surface area contributed by atoms with Gasteiger partial charge in [0, 0.05) is 48.7 Å². The van der Waals surface area contributed by atoms with Gasteiger partial charge in [0.15, 0.2) is 5.82 Å². The Morgan fingerprint density at radius 1 is 1.15 bits per heavy atom. The molecule has 1 saturated heterocycles. The molecule has 5 rings (SSSR count). The molecule has 1 unspecified atom stereocenters. The van der Waals surface area contributed by atoms with E-state index in [4.69, 9.17) is 20.2 Å². The summed E-state index contributed by atoms with van der Waals surface area (Å²) in [5.41, 5.74) is 7.65. The lowest BCUT2D eigenvalue weighted by molar-refractivity contribution is 0.0921. The van der Waals surface area contributed by atoms with Gasteiger partial charge in [0.2, 0.25) is 0 Å². The molecule has 2 aromatic carbocycles. The Kier molecular flexibility index (Phi) is 9.13. The molecule has 1 aromatic heterocycles. The van der Waals surface area contributed by atoms with Crippen molar-refractivity contribution in [3.05, 3.63) is 72.6 Å². The van der Waals surface area contributed by atoms with Crippen molar-refractivity contribution in [1.82, 2.24) is 15.3 Å². The van der Waals surface area contributed by atoms with E-state index < -0.39 is 0 Å². The van der Waals surface area contributed by atoms with Crippen LogP contribution in [0.25, 0.3) is 11.4 Å². The van der Waals surface area contributed by atoms with Gasteiger partial charge in [0.05, 0.1) is 19.4 Å². The Balaban J connectivity index is 1.17. The molecule has 3 aromatic rings. The van der Waals surface area contributed by atoms with Crippen molar-refractivity contribution in [3.63, 3.8) is 0 Å². The van der Waals surface area contributed by atoms with E-state index >= 15 is 0 Å². The van der Waals surface area contributed by atoms with Crippen LogP contribution in [0.1, 0.15) is 43.0 Å². The van der Waals surface area contributed by atoms with Gasteiger partial charge in [0.25, 0.3) is 5.91 Å². The lowest BCUT2D eigenvalue weighted by Gasteiger charge is -2.35. The lowest BCUT2D eigenvalue weighted by atomic mass is 9.90. The van der Waals surface area contributed by atoms with Crippen LogP contribution in [0.4, 0.5) is 11.5 Å². The largest absolute Gasteiger partial charge is 0.497 e. The molecular weight excluding hydrogens is 516 g/mol. The van der Waals surface area contributed by atoms with Gasteiger partial charge in [-0.15, -0.1) is 0 Å². The van der Waals surface area contributed by atoms with Crippen molar-refractivity contribution in [2.24, 2.45) is 22.6 Å². The average Bonchev–Trinajstić information content (AvgIpc) is 3.85. The molecule has 2 fully saturated rings. The van der Waals surface area contributed by atoms with Crippen LogP contribution < -0.4 is 25.4 Å². The van der Waals surface area contributed by atoms with E-state index in [0.29, 0.717) is 41.3 Å². The molecule has 41 heavy (non-hydrogen) atoms. The molecule has 0 bridgehead atoms. The van der Waals surface area contributed by atoms with E-state index in [-0.39, 0.29) is 11.9 Å². The highest BCUT2D eigenvalue weighted by molar-refractivity contribution is 5.95. The first-order chi connectivity index (χ1) is 20.0. The van der Waals surface area contributed by atoms with Gasteiger partial charge in [-0.25, -0.2) is 9.97 Å². The smallest absolute Gasteiger partial charge is 0.251 e. The molecule has 2 heterocycles. The van der Waals surface area contributed by atoms with Gasteiger partial charge in [-0.3, -0.25) is 9.79 Å². The Morgan fingerprint density at radius 2 is 1.95 bits per heavy atom. The maximum absolute atomic E-state index is 13.2. The number of carbonyl (C=O) groups excluding carboxylic acids is 1. The number of hydrogen-bond donors (Lipinski definition) is 2. The summed E-state index contributed by atoms with van der Waals surface area (Å²) in [6.07, 6.45) is 10.9. The molecule has 1 atom stereocenters. The number of benzene rings is 2. The van der Waals surface area contributed by atoms with Gasteiger partial charge in [0.1, 0.15) is 17.3 Å². The van der Waals surface area contributed by atoms with Crippen LogP contribution in [0, 0.1) is 11.8 Å². The van der Waals surface area contributed by atoms with Crippen molar-refractivity contribution in [2.45, 2.75) is 38.6 Å². The molecule has 0 spiro atoms. The summed E-state index contributed by atoms with van der Waals surface area (Å²) in [5.74, 6) is 3.75. The summed E-state index contributed by atoms with van der Waals surface area (Å²) in [7, 11) is 1.60. The van der Waals surface area contributed by atoms with E-state index in [0.717, 1.165) is 43.0 Å². The summed E-state index contributed by atoms with van der Waals surface area (Å²) in [5, 5.41) is 3.21. The molecule has 9 heteroatoms. The molecule has 2 aliphatic rings. The number of rotatable bonds is 11. The van der Waals surface area contributed by atoms with Gasteiger partial charge >= 0.3 is 0 Å². The standard InChI is InChI=1S/C32H38N6O3/c1-22(36-32(39)26-18-28(40-2)20-29(19-26)41-21-23-7-8-23)24-10-15-38(16-11-24)30-9-14-35-31(37-30)25-5-3-6-27(17-25)34-13-4-12-33/h3-6,9,12-14,17-20,22-24H,7-8,10-11,15-16,21,33H2,1-2H3,(H,36,39). The minimum atomic E-state index is -0.110. The minimum absolute atomic E-state index is 0.0325. The number of nitrogens with two attached hydrogens (primary N) is 1. The zero-order valence-corrected chi connectivity index (χ0v) is 23.7. The zero-order valence-electron chi connectivity index (χ0n) is 23.7. The highest BCUT2D eigenvalue weighted by Gasteiger charge is 2.27. The second kappa shape index (κ2) is 13.3. The molecule has 0 radical (unpaired) electrons. The van der Waals surface area contributed by atoms with Crippen molar-refractivity contribution in [3.8, 4) is 22.9 Å². The second-order valence-electron chi connectivity index (χ2n) is 10.7. The number of carbonyl (C=O) groups is 1. The van der Waals surface area contributed by atoms with E-state index in [1.165, 1.54) is 19.0 Å². The first-order valence-corrected chi connectivity index (χ1v) is 14.2. The van der Waals surface area contributed by atoms with E-state index in [1.54, 1.807) is 31.7 Å². The topological polar surface area (TPSA) is 115 Å². The molecule has 1 aliphatic heterocycles.